The predicted molar refractivity (Wildman–Crippen MR) is 63.3 cm³/mol. The molecule has 0 aromatic carbocycles. The number of rotatable bonds is 2. The van der Waals surface area contributed by atoms with Gasteiger partial charge in [0.1, 0.15) is 6.10 Å². The van der Waals surface area contributed by atoms with E-state index in [1.54, 1.807) is 6.20 Å². The molecule has 3 aliphatic rings. The molecule has 2 heterocycles. The molecule has 16 heavy (non-hydrogen) atoms. The van der Waals surface area contributed by atoms with Crippen LogP contribution in [0.5, 0.6) is 5.88 Å². The lowest BCUT2D eigenvalue weighted by Crippen LogP contribution is -2.56. The van der Waals surface area contributed by atoms with E-state index in [0.29, 0.717) is 17.6 Å². The van der Waals surface area contributed by atoms with Gasteiger partial charge < -0.3 is 10.1 Å². The zero-order valence-electron chi connectivity index (χ0n) is 8.82. The van der Waals surface area contributed by atoms with Crippen molar-refractivity contribution in [3.8, 4) is 5.88 Å². The quantitative estimate of drug-likeness (QED) is 0.900. The van der Waals surface area contributed by atoms with Crippen LogP contribution in [-0.2, 0) is 0 Å². The number of hydrogen-bond donors (Lipinski definition) is 1. The van der Waals surface area contributed by atoms with E-state index in [1.807, 2.05) is 12.1 Å². The Labute approximate surface area is 103 Å². The zero-order valence-corrected chi connectivity index (χ0v) is 10.4. The molecule has 0 radical (unpaired) electrons. The first-order chi connectivity index (χ1) is 7.78. The predicted octanol–water partition coefficient (Wildman–Crippen LogP) is 1.97. The monoisotopic (exact) mass is 280 g/mol. The summed E-state index contributed by atoms with van der Waals surface area (Å²) in [7, 11) is 0. The lowest BCUT2D eigenvalue weighted by molar-refractivity contribution is 0.0122. The smallest absolute Gasteiger partial charge is 0.213 e. The minimum absolute atomic E-state index is 0.334. The van der Waals surface area contributed by atoms with Gasteiger partial charge in [0.05, 0.1) is 6.04 Å². The number of pyridine rings is 1. The van der Waals surface area contributed by atoms with Crippen molar-refractivity contribution in [1.82, 2.24) is 10.3 Å². The van der Waals surface area contributed by atoms with Crippen molar-refractivity contribution in [3.63, 3.8) is 0 Å². The Balaban J connectivity index is 1.47. The third-order valence-corrected chi connectivity index (χ3v) is 4.88. The Kier molecular flexibility index (Phi) is 1.76. The van der Waals surface area contributed by atoms with E-state index in [1.165, 1.54) is 19.4 Å². The molecule has 0 bridgehead atoms. The number of ether oxygens (including phenoxy) is 1. The van der Waals surface area contributed by atoms with E-state index in [-0.39, 0.29) is 0 Å². The van der Waals surface area contributed by atoms with Crippen molar-refractivity contribution < 1.29 is 4.74 Å². The summed E-state index contributed by atoms with van der Waals surface area (Å²) in [5, 5.41) is 3.57. The fraction of sp³-hybridized carbons (Fsp3) is 0.583. The van der Waals surface area contributed by atoms with Gasteiger partial charge in [0.25, 0.3) is 0 Å². The second-order valence-electron chi connectivity index (χ2n) is 5.20. The lowest BCUT2D eigenvalue weighted by atomic mass is 9.73. The molecule has 1 saturated heterocycles. The zero-order chi connectivity index (χ0) is 10.8. The molecule has 2 saturated carbocycles. The standard InChI is InChI=1S/C12H13BrN2O/c13-8-1-2-10(14-6-8)16-9-4-12-3-7(12)5-15-11(9)12/h1-2,6-7,9,11,15H,3-5H2. The third-order valence-electron chi connectivity index (χ3n) is 4.41. The summed E-state index contributed by atoms with van der Waals surface area (Å²) in [5.41, 5.74) is 0.625. The van der Waals surface area contributed by atoms with Crippen molar-refractivity contribution in [1.29, 1.82) is 0 Å². The summed E-state index contributed by atoms with van der Waals surface area (Å²) in [6.45, 7) is 1.19. The van der Waals surface area contributed by atoms with Gasteiger partial charge in [0.2, 0.25) is 5.88 Å². The highest BCUT2D eigenvalue weighted by atomic mass is 79.9. The molecule has 1 aliphatic heterocycles. The van der Waals surface area contributed by atoms with Gasteiger partial charge in [-0.2, -0.15) is 0 Å². The molecule has 1 aromatic rings. The van der Waals surface area contributed by atoms with E-state index in [4.69, 9.17) is 4.74 Å². The van der Waals surface area contributed by atoms with Crippen LogP contribution in [0, 0.1) is 11.3 Å². The van der Waals surface area contributed by atoms with E-state index < -0.39 is 0 Å². The molecule has 2 aliphatic carbocycles. The Hall–Kier alpha value is -0.610. The summed E-state index contributed by atoms with van der Waals surface area (Å²) in [4.78, 5) is 4.25. The molecule has 3 fully saturated rings. The van der Waals surface area contributed by atoms with Crippen LogP contribution in [0.15, 0.2) is 22.8 Å². The molecule has 3 nitrogen and oxygen atoms in total. The van der Waals surface area contributed by atoms with Crippen LogP contribution < -0.4 is 10.1 Å². The number of aromatic nitrogens is 1. The van der Waals surface area contributed by atoms with Gasteiger partial charge in [-0.15, -0.1) is 0 Å². The molecular weight excluding hydrogens is 268 g/mol. The molecule has 4 unspecified atom stereocenters. The average Bonchev–Trinajstić information content (AvgIpc) is 2.91. The fourth-order valence-corrected chi connectivity index (χ4v) is 3.67. The van der Waals surface area contributed by atoms with Gasteiger partial charge in [-0.05, 0) is 52.7 Å². The van der Waals surface area contributed by atoms with Crippen molar-refractivity contribution in [2.45, 2.75) is 25.0 Å². The highest BCUT2D eigenvalue weighted by Gasteiger charge is 2.72. The summed E-state index contributed by atoms with van der Waals surface area (Å²) < 4.78 is 6.91. The van der Waals surface area contributed by atoms with Gasteiger partial charge >= 0.3 is 0 Å². The van der Waals surface area contributed by atoms with Crippen LogP contribution >= 0.6 is 15.9 Å². The first kappa shape index (κ1) is 9.42. The molecule has 0 amide bonds. The van der Waals surface area contributed by atoms with Gasteiger partial charge in [-0.3, -0.25) is 0 Å². The number of piperidine rings is 1. The van der Waals surface area contributed by atoms with Gasteiger partial charge in [-0.1, -0.05) is 0 Å². The molecule has 84 valence electrons. The Bertz CT molecular complexity index is 433. The maximum Gasteiger partial charge on any atom is 0.213 e. The minimum Gasteiger partial charge on any atom is -0.473 e. The highest BCUT2D eigenvalue weighted by Crippen LogP contribution is 2.68. The Morgan fingerprint density at radius 3 is 3.06 bits per heavy atom. The van der Waals surface area contributed by atoms with E-state index in [9.17, 15) is 0 Å². The molecule has 4 atom stereocenters. The molecule has 4 rings (SSSR count). The summed E-state index contributed by atoms with van der Waals surface area (Å²) in [5.74, 6) is 1.68. The largest absolute Gasteiger partial charge is 0.473 e. The van der Waals surface area contributed by atoms with Crippen molar-refractivity contribution in [2.75, 3.05) is 6.54 Å². The highest BCUT2D eigenvalue weighted by molar-refractivity contribution is 9.10. The fourth-order valence-electron chi connectivity index (χ4n) is 3.44. The van der Waals surface area contributed by atoms with Crippen LogP contribution in [0.1, 0.15) is 12.8 Å². The van der Waals surface area contributed by atoms with Crippen LogP contribution in [0.25, 0.3) is 0 Å². The number of hydrogen-bond acceptors (Lipinski definition) is 3. The van der Waals surface area contributed by atoms with Crippen LogP contribution in [-0.4, -0.2) is 23.7 Å². The van der Waals surface area contributed by atoms with Crippen LogP contribution in [0.3, 0.4) is 0 Å². The summed E-state index contributed by atoms with van der Waals surface area (Å²) in [6, 6.07) is 4.48. The molecule has 1 aromatic heterocycles. The first-order valence-corrected chi connectivity index (χ1v) is 6.59. The Morgan fingerprint density at radius 1 is 1.44 bits per heavy atom. The topological polar surface area (TPSA) is 34.1 Å². The van der Waals surface area contributed by atoms with E-state index in [0.717, 1.165) is 16.3 Å². The SMILES string of the molecule is Brc1ccc(OC2CC34CC3CNC24)nc1. The van der Waals surface area contributed by atoms with Crippen molar-refractivity contribution >= 4 is 15.9 Å². The molecule has 1 spiro atoms. The van der Waals surface area contributed by atoms with Crippen LogP contribution in [0.2, 0.25) is 0 Å². The second kappa shape index (κ2) is 2.99. The number of nitrogens with one attached hydrogen (secondary N) is 1. The van der Waals surface area contributed by atoms with Crippen LogP contribution in [0.4, 0.5) is 0 Å². The number of halogens is 1. The molecular formula is C12H13BrN2O. The summed E-state index contributed by atoms with van der Waals surface area (Å²) >= 11 is 3.37. The van der Waals surface area contributed by atoms with E-state index >= 15 is 0 Å². The third kappa shape index (κ3) is 1.14. The maximum absolute atomic E-state index is 5.92. The van der Waals surface area contributed by atoms with Crippen molar-refractivity contribution in [3.05, 3.63) is 22.8 Å². The van der Waals surface area contributed by atoms with Gasteiger partial charge in [0.15, 0.2) is 0 Å². The first-order valence-electron chi connectivity index (χ1n) is 5.79. The molecule has 4 heteroatoms. The number of nitrogens with zero attached hydrogens (tertiary/aromatic N) is 1. The normalized spacial score (nSPS) is 43.2. The molecule has 1 N–H and O–H groups in total. The minimum atomic E-state index is 0.334. The van der Waals surface area contributed by atoms with E-state index in [2.05, 4.69) is 26.2 Å². The maximum atomic E-state index is 5.92. The average molecular weight is 281 g/mol. The van der Waals surface area contributed by atoms with Crippen molar-refractivity contribution in [2.24, 2.45) is 11.3 Å². The Morgan fingerprint density at radius 2 is 2.38 bits per heavy atom. The van der Waals surface area contributed by atoms with Gasteiger partial charge in [0, 0.05) is 16.7 Å². The lowest BCUT2D eigenvalue weighted by Gasteiger charge is -2.42. The second-order valence-corrected chi connectivity index (χ2v) is 6.11. The van der Waals surface area contributed by atoms with Gasteiger partial charge in [-0.25, -0.2) is 4.98 Å². The summed E-state index contributed by atoms with van der Waals surface area (Å²) in [6.07, 6.45) is 4.75.